The first-order valence-electron chi connectivity index (χ1n) is 6.44. The van der Waals surface area contributed by atoms with Crippen molar-refractivity contribution in [2.24, 2.45) is 0 Å². The molecule has 5 heteroatoms. The largest absolute Gasteiger partial charge is 0.371 e. The smallest absolute Gasteiger partial charge is 0.325 e. The summed E-state index contributed by atoms with van der Waals surface area (Å²) in [6.45, 7) is 0.623. The fourth-order valence-electron chi connectivity index (χ4n) is 1.75. The molecule has 1 N–H and O–H groups in total. The minimum atomic E-state index is -0.268. The molecular formula is C15H16ClNO2S. The summed E-state index contributed by atoms with van der Waals surface area (Å²) in [5.74, 6) is -0.268. The molecule has 2 aromatic rings. The number of aryl methyl sites for hydroxylation is 1. The van der Waals surface area contributed by atoms with E-state index in [1.807, 2.05) is 35.7 Å². The predicted octanol–water partition coefficient (Wildman–Crippen LogP) is 3.62. The van der Waals surface area contributed by atoms with Crippen molar-refractivity contribution in [3.05, 3.63) is 57.2 Å². The Morgan fingerprint density at radius 1 is 1.20 bits per heavy atom. The molecule has 0 amide bonds. The van der Waals surface area contributed by atoms with Gasteiger partial charge in [0.15, 0.2) is 0 Å². The average Bonchev–Trinajstić information content (AvgIpc) is 2.96. The molecule has 0 unspecified atom stereocenters. The SMILES string of the molecule is O=C(CCc1ccccc1Cl)ONCCc1cccs1. The number of rotatable bonds is 7. The average molecular weight is 310 g/mol. The van der Waals surface area contributed by atoms with E-state index in [2.05, 4.69) is 11.5 Å². The van der Waals surface area contributed by atoms with Crippen molar-refractivity contribution >= 4 is 28.9 Å². The summed E-state index contributed by atoms with van der Waals surface area (Å²) in [7, 11) is 0. The zero-order valence-electron chi connectivity index (χ0n) is 11.0. The molecule has 3 nitrogen and oxygen atoms in total. The van der Waals surface area contributed by atoms with Gasteiger partial charge < -0.3 is 4.84 Å². The Morgan fingerprint density at radius 3 is 2.80 bits per heavy atom. The van der Waals surface area contributed by atoms with Gasteiger partial charge in [-0.15, -0.1) is 11.3 Å². The van der Waals surface area contributed by atoms with Crippen LogP contribution in [0.25, 0.3) is 0 Å². The van der Waals surface area contributed by atoms with Gasteiger partial charge in [0.25, 0.3) is 0 Å². The molecule has 0 aliphatic rings. The topological polar surface area (TPSA) is 38.3 Å². The molecule has 0 saturated carbocycles. The Morgan fingerprint density at radius 2 is 2.05 bits per heavy atom. The molecule has 1 heterocycles. The monoisotopic (exact) mass is 309 g/mol. The van der Waals surface area contributed by atoms with Crippen molar-refractivity contribution in [1.29, 1.82) is 0 Å². The first kappa shape index (κ1) is 15.0. The second kappa shape index (κ2) is 8.04. The summed E-state index contributed by atoms with van der Waals surface area (Å²) in [5.41, 5.74) is 3.66. The number of thiophene rings is 1. The highest BCUT2D eigenvalue weighted by molar-refractivity contribution is 7.09. The number of benzene rings is 1. The molecule has 0 fully saturated rings. The zero-order valence-corrected chi connectivity index (χ0v) is 12.5. The lowest BCUT2D eigenvalue weighted by molar-refractivity contribution is -0.151. The number of carbonyl (C=O) groups excluding carboxylic acids is 1. The first-order valence-corrected chi connectivity index (χ1v) is 7.70. The van der Waals surface area contributed by atoms with Gasteiger partial charge in [-0.3, -0.25) is 4.79 Å². The summed E-state index contributed by atoms with van der Waals surface area (Å²) < 4.78 is 0. The van der Waals surface area contributed by atoms with Crippen LogP contribution in [0.15, 0.2) is 41.8 Å². The summed E-state index contributed by atoms with van der Waals surface area (Å²) in [6.07, 6.45) is 1.76. The van der Waals surface area contributed by atoms with Crippen molar-refractivity contribution < 1.29 is 9.63 Å². The van der Waals surface area contributed by atoms with Crippen LogP contribution < -0.4 is 5.48 Å². The molecule has 0 aliphatic heterocycles. The van der Waals surface area contributed by atoms with Crippen LogP contribution in [0.3, 0.4) is 0 Å². The Balaban J connectivity index is 1.62. The molecule has 0 radical (unpaired) electrons. The van der Waals surface area contributed by atoms with Gasteiger partial charge in [-0.2, -0.15) is 5.48 Å². The molecule has 0 atom stereocenters. The summed E-state index contributed by atoms with van der Waals surface area (Å²) in [5, 5.41) is 2.72. The van der Waals surface area contributed by atoms with Crippen LogP contribution in [0.2, 0.25) is 5.02 Å². The maximum atomic E-state index is 11.6. The third-order valence-corrected chi connectivity index (χ3v) is 4.10. The highest BCUT2D eigenvalue weighted by Gasteiger charge is 2.06. The predicted molar refractivity (Wildman–Crippen MR) is 81.9 cm³/mol. The first-order chi connectivity index (χ1) is 9.75. The minimum absolute atomic E-state index is 0.268. The number of hydroxylamine groups is 1. The third kappa shape index (κ3) is 4.96. The number of halogens is 1. The molecule has 0 aliphatic carbocycles. The van der Waals surface area contributed by atoms with Gasteiger partial charge in [0.1, 0.15) is 0 Å². The maximum Gasteiger partial charge on any atom is 0.325 e. The molecule has 2 rings (SSSR count). The quantitative estimate of drug-likeness (QED) is 0.627. The molecular weight excluding hydrogens is 294 g/mol. The Labute approximate surface area is 127 Å². The molecule has 106 valence electrons. The number of hydrogen-bond donors (Lipinski definition) is 1. The van der Waals surface area contributed by atoms with E-state index in [0.717, 1.165) is 12.0 Å². The second-order valence-corrected chi connectivity index (χ2v) is 5.73. The van der Waals surface area contributed by atoms with Crippen LogP contribution in [0.5, 0.6) is 0 Å². The summed E-state index contributed by atoms with van der Waals surface area (Å²) in [4.78, 5) is 17.8. The number of nitrogens with one attached hydrogen (secondary N) is 1. The van der Waals surface area contributed by atoms with Crippen LogP contribution in [-0.4, -0.2) is 12.5 Å². The molecule has 1 aromatic carbocycles. The van der Waals surface area contributed by atoms with Crippen molar-refractivity contribution in [3.63, 3.8) is 0 Å². The van der Waals surface area contributed by atoms with Crippen LogP contribution >= 0.6 is 22.9 Å². The lowest BCUT2D eigenvalue weighted by Crippen LogP contribution is -2.22. The fourth-order valence-corrected chi connectivity index (χ4v) is 2.69. The normalized spacial score (nSPS) is 10.4. The van der Waals surface area contributed by atoms with Crippen LogP contribution in [0.1, 0.15) is 16.9 Å². The third-order valence-electron chi connectivity index (χ3n) is 2.80. The Hall–Kier alpha value is -1.36. The standard InChI is InChI=1S/C15H16ClNO2S/c16-14-6-2-1-4-12(14)7-8-15(18)19-17-10-9-13-5-3-11-20-13/h1-6,11,17H,7-10H2. The van der Waals surface area contributed by atoms with E-state index < -0.39 is 0 Å². The molecule has 0 saturated heterocycles. The Kier molecular flexibility index (Phi) is 6.05. The minimum Gasteiger partial charge on any atom is -0.371 e. The van der Waals surface area contributed by atoms with E-state index in [1.54, 1.807) is 11.3 Å². The van der Waals surface area contributed by atoms with E-state index in [9.17, 15) is 4.79 Å². The van der Waals surface area contributed by atoms with Crippen LogP contribution in [-0.2, 0) is 22.5 Å². The maximum absolute atomic E-state index is 11.6. The summed E-state index contributed by atoms with van der Waals surface area (Å²) in [6, 6.07) is 11.6. The molecule has 20 heavy (non-hydrogen) atoms. The van der Waals surface area contributed by atoms with Gasteiger partial charge >= 0.3 is 5.97 Å². The van der Waals surface area contributed by atoms with Crippen molar-refractivity contribution in [3.8, 4) is 0 Å². The zero-order chi connectivity index (χ0) is 14.2. The summed E-state index contributed by atoms with van der Waals surface area (Å²) >= 11 is 7.72. The van der Waals surface area contributed by atoms with Crippen LogP contribution in [0.4, 0.5) is 0 Å². The van der Waals surface area contributed by atoms with Gasteiger partial charge in [0.2, 0.25) is 0 Å². The van der Waals surface area contributed by atoms with Gasteiger partial charge in [-0.1, -0.05) is 35.9 Å². The van der Waals surface area contributed by atoms with Gasteiger partial charge in [0.05, 0.1) is 6.42 Å². The highest BCUT2D eigenvalue weighted by Crippen LogP contribution is 2.16. The van der Waals surface area contributed by atoms with Crippen LogP contribution in [0, 0.1) is 0 Å². The molecule has 1 aromatic heterocycles. The van der Waals surface area contributed by atoms with E-state index in [4.69, 9.17) is 16.4 Å². The van der Waals surface area contributed by atoms with Gasteiger partial charge in [-0.05, 0) is 35.9 Å². The lowest BCUT2D eigenvalue weighted by Gasteiger charge is -2.06. The highest BCUT2D eigenvalue weighted by atomic mass is 35.5. The molecule has 0 bridgehead atoms. The van der Waals surface area contributed by atoms with E-state index in [-0.39, 0.29) is 5.97 Å². The Bertz CT molecular complexity index is 543. The van der Waals surface area contributed by atoms with E-state index >= 15 is 0 Å². The number of carbonyl (C=O) groups is 1. The fraction of sp³-hybridized carbons (Fsp3) is 0.267. The van der Waals surface area contributed by atoms with Gasteiger partial charge in [0, 0.05) is 16.4 Å². The second-order valence-electron chi connectivity index (χ2n) is 4.29. The lowest BCUT2D eigenvalue weighted by atomic mass is 10.1. The van der Waals surface area contributed by atoms with Crippen molar-refractivity contribution in [1.82, 2.24) is 5.48 Å². The van der Waals surface area contributed by atoms with E-state index in [1.165, 1.54) is 4.88 Å². The number of hydrogen-bond acceptors (Lipinski definition) is 4. The van der Waals surface area contributed by atoms with Crippen molar-refractivity contribution in [2.45, 2.75) is 19.3 Å². The van der Waals surface area contributed by atoms with E-state index in [0.29, 0.717) is 24.4 Å². The molecule has 0 spiro atoms. The van der Waals surface area contributed by atoms with Crippen molar-refractivity contribution in [2.75, 3.05) is 6.54 Å². The van der Waals surface area contributed by atoms with Gasteiger partial charge in [-0.25, -0.2) is 0 Å².